The van der Waals surface area contributed by atoms with E-state index in [2.05, 4.69) is 10.0 Å². The monoisotopic (exact) mass is 322 g/mol. The molecule has 5 nitrogen and oxygen atoms in total. The number of nitrogens with one attached hydrogen (secondary N) is 2. The molecule has 0 atom stereocenters. The predicted molar refractivity (Wildman–Crippen MR) is 79.9 cm³/mol. The van der Waals surface area contributed by atoms with Crippen LogP contribution in [0.5, 0.6) is 0 Å². The van der Waals surface area contributed by atoms with Crippen molar-refractivity contribution < 1.29 is 17.6 Å². The van der Waals surface area contributed by atoms with Gasteiger partial charge in [0, 0.05) is 6.54 Å². The third kappa shape index (κ3) is 4.64. The van der Waals surface area contributed by atoms with Gasteiger partial charge >= 0.3 is 0 Å². The molecule has 2 aromatic carbocycles. The summed E-state index contributed by atoms with van der Waals surface area (Å²) in [5.74, 6) is -0.978. The van der Waals surface area contributed by atoms with E-state index in [1.54, 1.807) is 0 Å². The van der Waals surface area contributed by atoms with Gasteiger partial charge in [0.15, 0.2) is 0 Å². The fourth-order valence-corrected chi connectivity index (χ4v) is 2.70. The fraction of sp³-hybridized carbons (Fsp3) is 0.133. The zero-order chi connectivity index (χ0) is 16.0. The van der Waals surface area contributed by atoms with Crippen LogP contribution in [0.2, 0.25) is 0 Å². The van der Waals surface area contributed by atoms with Crippen molar-refractivity contribution in [2.75, 3.05) is 6.54 Å². The van der Waals surface area contributed by atoms with Crippen molar-refractivity contribution in [3.8, 4) is 0 Å². The lowest BCUT2D eigenvalue weighted by Crippen LogP contribution is -2.36. The van der Waals surface area contributed by atoms with Gasteiger partial charge in [-0.2, -0.15) is 0 Å². The van der Waals surface area contributed by atoms with Crippen LogP contribution in [0.3, 0.4) is 0 Å². The molecule has 2 N–H and O–H groups in total. The molecule has 2 rings (SSSR count). The minimum Gasteiger partial charge on any atom is -0.351 e. The van der Waals surface area contributed by atoms with Gasteiger partial charge in [-0.25, -0.2) is 17.5 Å². The lowest BCUT2D eigenvalue weighted by molar-refractivity contribution is -0.120. The average molecular weight is 322 g/mol. The highest BCUT2D eigenvalue weighted by Gasteiger charge is 2.15. The first kappa shape index (κ1) is 16.1. The van der Waals surface area contributed by atoms with Crippen molar-refractivity contribution in [2.24, 2.45) is 0 Å². The molecule has 0 saturated carbocycles. The minimum absolute atomic E-state index is 0.0928. The van der Waals surface area contributed by atoms with Gasteiger partial charge in [-0.05, 0) is 29.8 Å². The zero-order valence-electron chi connectivity index (χ0n) is 11.6. The van der Waals surface area contributed by atoms with Crippen molar-refractivity contribution in [3.63, 3.8) is 0 Å². The van der Waals surface area contributed by atoms with Crippen LogP contribution in [0.1, 0.15) is 5.56 Å². The van der Waals surface area contributed by atoms with E-state index in [-0.39, 0.29) is 11.4 Å². The number of halogens is 1. The standard InChI is InChI=1S/C15H15FN2O3S/c16-13-6-8-14(9-7-13)22(20,21)18-11-15(19)17-10-12-4-2-1-3-5-12/h1-9,18H,10-11H2,(H,17,19). The molecule has 0 heterocycles. The summed E-state index contributed by atoms with van der Waals surface area (Å²) in [4.78, 5) is 11.6. The van der Waals surface area contributed by atoms with Crippen LogP contribution in [0.15, 0.2) is 59.5 Å². The van der Waals surface area contributed by atoms with Gasteiger partial charge in [0.1, 0.15) is 5.82 Å². The molecule has 0 unspecified atom stereocenters. The fourth-order valence-electron chi connectivity index (χ4n) is 1.72. The topological polar surface area (TPSA) is 75.3 Å². The Labute approximate surface area is 128 Å². The van der Waals surface area contributed by atoms with Crippen LogP contribution in [0.4, 0.5) is 4.39 Å². The molecule has 0 aromatic heterocycles. The van der Waals surface area contributed by atoms with Gasteiger partial charge in [-0.15, -0.1) is 0 Å². The first-order valence-electron chi connectivity index (χ1n) is 6.53. The first-order valence-corrected chi connectivity index (χ1v) is 8.01. The molecular weight excluding hydrogens is 307 g/mol. The van der Waals surface area contributed by atoms with E-state index in [9.17, 15) is 17.6 Å². The Morgan fingerprint density at radius 3 is 2.27 bits per heavy atom. The van der Waals surface area contributed by atoms with Gasteiger partial charge in [0.25, 0.3) is 0 Å². The maximum Gasteiger partial charge on any atom is 0.241 e. The van der Waals surface area contributed by atoms with E-state index in [0.29, 0.717) is 6.54 Å². The molecular formula is C15H15FN2O3S. The van der Waals surface area contributed by atoms with E-state index in [4.69, 9.17) is 0 Å². The Kier molecular flexibility index (Phi) is 5.24. The van der Waals surface area contributed by atoms with E-state index >= 15 is 0 Å². The molecule has 0 radical (unpaired) electrons. The number of rotatable bonds is 6. The van der Waals surface area contributed by atoms with Crippen LogP contribution >= 0.6 is 0 Å². The highest BCUT2D eigenvalue weighted by atomic mass is 32.2. The van der Waals surface area contributed by atoms with E-state index in [1.807, 2.05) is 30.3 Å². The minimum atomic E-state index is -3.83. The summed E-state index contributed by atoms with van der Waals surface area (Å²) in [5, 5.41) is 2.61. The molecule has 116 valence electrons. The normalized spacial score (nSPS) is 11.1. The number of sulfonamides is 1. The number of carbonyl (C=O) groups excluding carboxylic acids is 1. The lowest BCUT2D eigenvalue weighted by Gasteiger charge is -2.08. The SMILES string of the molecule is O=C(CNS(=O)(=O)c1ccc(F)cc1)NCc1ccccc1. The van der Waals surface area contributed by atoms with Gasteiger partial charge in [0.05, 0.1) is 11.4 Å². The van der Waals surface area contributed by atoms with E-state index in [1.165, 1.54) is 0 Å². The summed E-state index contributed by atoms with van der Waals surface area (Å²) >= 11 is 0. The molecule has 0 aliphatic heterocycles. The van der Waals surface area contributed by atoms with Crippen molar-refractivity contribution >= 4 is 15.9 Å². The van der Waals surface area contributed by atoms with Crippen LogP contribution < -0.4 is 10.0 Å². The highest BCUT2D eigenvalue weighted by Crippen LogP contribution is 2.09. The summed E-state index contributed by atoms with van der Waals surface area (Å²) in [6.45, 7) is -0.0650. The molecule has 7 heteroatoms. The zero-order valence-corrected chi connectivity index (χ0v) is 12.4. The molecule has 1 amide bonds. The van der Waals surface area contributed by atoms with Gasteiger partial charge in [0.2, 0.25) is 15.9 Å². The third-order valence-electron chi connectivity index (χ3n) is 2.88. The maximum atomic E-state index is 12.8. The second-order valence-electron chi connectivity index (χ2n) is 4.54. The lowest BCUT2D eigenvalue weighted by atomic mass is 10.2. The Morgan fingerprint density at radius 2 is 1.64 bits per heavy atom. The number of carbonyl (C=O) groups is 1. The molecule has 0 saturated heterocycles. The van der Waals surface area contributed by atoms with Crippen molar-refractivity contribution in [1.82, 2.24) is 10.0 Å². The molecule has 0 aliphatic rings. The number of hydrogen-bond donors (Lipinski definition) is 2. The quantitative estimate of drug-likeness (QED) is 0.844. The summed E-state index contributed by atoms with van der Waals surface area (Å²) in [5.41, 5.74) is 0.914. The summed E-state index contributed by atoms with van der Waals surface area (Å²) < 4.78 is 38.8. The van der Waals surface area contributed by atoms with Crippen molar-refractivity contribution in [1.29, 1.82) is 0 Å². The largest absolute Gasteiger partial charge is 0.351 e. The average Bonchev–Trinajstić information content (AvgIpc) is 2.52. The van der Waals surface area contributed by atoms with E-state index in [0.717, 1.165) is 29.8 Å². The van der Waals surface area contributed by atoms with Crippen LogP contribution in [0.25, 0.3) is 0 Å². The van der Waals surface area contributed by atoms with Crippen LogP contribution in [-0.2, 0) is 21.4 Å². The Morgan fingerprint density at radius 1 is 1.00 bits per heavy atom. The van der Waals surface area contributed by atoms with Gasteiger partial charge in [-0.1, -0.05) is 30.3 Å². The van der Waals surface area contributed by atoms with E-state index < -0.39 is 21.7 Å². The maximum absolute atomic E-state index is 12.8. The summed E-state index contributed by atoms with van der Waals surface area (Å²) in [6, 6.07) is 13.6. The Balaban J connectivity index is 1.86. The molecule has 22 heavy (non-hydrogen) atoms. The third-order valence-corrected chi connectivity index (χ3v) is 4.30. The van der Waals surface area contributed by atoms with Crippen LogP contribution in [0, 0.1) is 5.82 Å². The van der Waals surface area contributed by atoms with Crippen LogP contribution in [-0.4, -0.2) is 20.9 Å². The van der Waals surface area contributed by atoms with Crippen molar-refractivity contribution in [3.05, 3.63) is 66.0 Å². The smallest absolute Gasteiger partial charge is 0.241 e. The van der Waals surface area contributed by atoms with Gasteiger partial charge in [-0.3, -0.25) is 4.79 Å². The van der Waals surface area contributed by atoms with Crippen molar-refractivity contribution in [2.45, 2.75) is 11.4 Å². The molecule has 0 aliphatic carbocycles. The highest BCUT2D eigenvalue weighted by molar-refractivity contribution is 7.89. The molecule has 0 spiro atoms. The molecule has 0 bridgehead atoms. The first-order chi connectivity index (χ1) is 10.5. The Bertz CT molecular complexity index is 731. The summed E-state index contributed by atoms with van der Waals surface area (Å²) in [6.07, 6.45) is 0. The Hall–Kier alpha value is -2.25. The second kappa shape index (κ2) is 7.15. The summed E-state index contributed by atoms with van der Waals surface area (Å²) in [7, 11) is -3.83. The molecule has 0 fully saturated rings. The number of amides is 1. The number of hydrogen-bond acceptors (Lipinski definition) is 3. The predicted octanol–water partition coefficient (Wildman–Crippen LogP) is 1.42. The van der Waals surface area contributed by atoms with Gasteiger partial charge < -0.3 is 5.32 Å². The molecule has 2 aromatic rings. The number of benzene rings is 2. The second-order valence-corrected chi connectivity index (χ2v) is 6.31.